The maximum atomic E-state index is 5.44. The minimum Gasteiger partial charge on any atom is -0.227 e. The normalized spacial score (nSPS) is 12.0. The molecule has 10 aromatic rings. The van der Waals surface area contributed by atoms with Crippen molar-refractivity contribution in [2.24, 2.45) is 0 Å². The lowest BCUT2D eigenvalue weighted by Crippen LogP contribution is -1.97. The van der Waals surface area contributed by atoms with Crippen molar-refractivity contribution in [1.82, 2.24) is 9.97 Å². The van der Waals surface area contributed by atoms with Gasteiger partial charge in [0.25, 0.3) is 0 Å². The first-order chi connectivity index (χ1) is 22.3. The van der Waals surface area contributed by atoms with Crippen LogP contribution in [0.5, 0.6) is 0 Å². The van der Waals surface area contributed by atoms with Crippen molar-refractivity contribution in [3.05, 3.63) is 146 Å². The number of aromatic nitrogens is 2. The molecule has 2 aromatic heterocycles. The smallest absolute Gasteiger partial charge is 0.161 e. The monoisotopic (exact) mass is 588 g/mol. The summed E-state index contributed by atoms with van der Waals surface area (Å²) in [4.78, 5) is 10.9. The average molecular weight is 589 g/mol. The van der Waals surface area contributed by atoms with Gasteiger partial charge in [-0.05, 0) is 50.5 Å². The van der Waals surface area contributed by atoms with Crippen LogP contribution >= 0.6 is 11.3 Å². The molecule has 8 aromatic carbocycles. The summed E-state index contributed by atoms with van der Waals surface area (Å²) in [6.45, 7) is 0. The molecule has 0 atom stereocenters. The second-order valence-electron chi connectivity index (χ2n) is 11.7. The van der Waals surface area contributed by atoms with Crippen molar-refractivity contribution in [3.63, 3.8) is 0 Å². The molecule has 45 heavy (non-hydrogen) atoms. The Kier molecular flexibility index (Phi) is 5.19. The van der Waals surface area contributed by atoms with E-state index in [9.17, 15) is 0 Å². The van der Waals surface area contributed by atoms with Gasteiger partial charge in [0.1, 0.15) is 0 Å². The lowest BCUT2D eigenvalue weighted by atomic mass is 9.91. The summed E-state index contributed by atoms with van der Waals surface area (Å²) < 4.78 is 2.56. The summed E-state index contributed by atoms with van der Waals surface area (Å²) in [5, 5.41) is 13.5. The minimum atomic E-state index is 0.755. The predicted molar refractivity (Wildman–Crippen MR) is 193 cm³/mol. The lowest BCUT2D eigenvalue weighted by Gasteiger charge is -2.15. The highest BCUT2D eigenvalue weighted by molar-refractivity contribution is 7.27. The first kappa shape index (κ1) is 24.8. The Labute approximate surface area is 262 Å². The van der Waals surface area contributed by atoms with E-state index in [2.05, 4.69) is 146 Å². The van der Waals surface area contributed by atoms with E-state index in [1.54, 1.807) is 0 Å². The van der Waals surface area contributed by atoms with Gasteiger partial charge in [0.05, 0.1) is 11.2 Å². The molecule has 10 rings (SSSR count). The van der Waals surface area contributed by atoms with Crippen LogP contribution in [0, 0.1) is 0 Å². The predicted octanol–water partition coefficient (Wildman–Crippen LogP) is 11.9. The fourth-order valence-electron chi connectivity index (χ4n) is 7.25. The quantitative estimate of drug-likeness (QED) is 0.188. The van der Waals surface area contributed by atoms with Gasteiger partial charge in [0, 0.05) is 47.5 Å². The van der Waals surface area contributed by atoms with Crippen LogP contribution in [0.25, 0.3) is 96.8 Å². The molecule has 0 bridgehead atoms. The number of fused-ring (bicyclic) bond motifs is 13. The van der Waals surface area contributed by atoms with Crippen molar-refractivity contribution < 1.29 is 0 Å². The molecular weight excluding hydrogens is 565 g/mol. The third-order valence-electron chi connectivity index (χ3n) is 9.23. The average Bonchev–Trinajstić information content (AvgIpc) is 3.51. The molecule has 3 heteroatoms. The molecular formula is C42H24N2S. The molecule has 0 fully saturated rings. The van der Waals surface area contributed by atoms with Gasteiger partial charge in [-0.2, -0.15) is 0 Å². The van der Waals surface area contributed by atoms with Crippen LogP contribution in [0.3, 0.4) is 0 Å². The van der Waals surface area contributed by atoms with Crippen LogP contribution in [0.1, 0.15) is 0 Å². The number of hydrogen-bond donors (Lipinski definition) is 0. The van der Waals surface area contributed by atoms with E-state index in [4.69, 9.17) is 9.97 Å². The van der Waals surface area contributed by atoms with Crippen molar-refractivity contribution in [1.29, 1.82) is 0 Å². The van der Waals surface area contributed by atoms with Crippen molar-refractivity contribution in [2.75, 3.05) is 0 Å². The first-order valence-corrected chi connectivity index (χ1v) is 16.1. The highest BCUT2D eigenvalue weighted by Crippen LogP contribution is 2.48. The summed E-state index contributed by atoms with van der Waals surface area (Å²) in [7, 11) is 0. The molecule has 0 amide bonds. The Morgan fingerprint density at radius 2 is 1.04 bits per heavy atom. The van der Waals surface area contributed by atoms with Gasteiger partial charge in [-0.15, -0.1) is 11.3 Å². The van der Waals surface area contributed by atoms with Crippen molar-refractivity contribution in [2.45, 2.75) is 0 Å². The Morgan fingerprint density at radius 3 is 1.84 bits per heavy atom. The molecule has 0 aliphatic rings. The zero-order chi connectivity index (χ0) is 29.5. The second kappa shape index (κ2) is 9.43. The van der Waals surface area contributed by atoms with Crippen LogP contribution in [0.2, 0.25) is 0 Å². The molecule has 0 aliphatic heterocycles. The zero-order valence-electron chi connectivity index (χ0n) is 24.2. The third kappa shape index (κ3) is 3.56. The van der Waals surface area contributed by atoms with Gasteiger partial charge < -0.3 is 0 Å². The van der Waals surface area contributed by atoms with Gasteiger partial charge in [-0.1, -0.05) is 127 Å². The molecule has 0 saturated carbocycles. The molecule has 0 saturated heterocycles. The Balaban J connectivity index is 1.45. The standard InChI is InChI=1S/C42H24N2S/c1-2-13-26(14-3-1)39-33-23-22-25-12-4-5-15-27(25)40(33)44-42(43-39)35-24-34-30-18-7-6-16-28(30)29-17-8-9-19-31(29)37(34)41-38(35)32-20-10-11-21-36(32)45-41/h1-24H. The van der Waals surface area contributed by atoms with E-state index >= 15 is 0 Å². The van der Waals surface area contributed by atoms with E-state index in [-0.39, 0.29) is 0 Å². The molecule has 0 radical (unpaired) electrons. The maximum absolute atomic E-state index is 5.44. The van der Waals surface area contributed by atoms with Crippen molar-refractivity contribution >= 4 is 85.5 Å². The summed E-state index contributed by atoms with van der Waals surface area (Å²) in [5.74, 6) is 0.755. The molecule has 0 aliphatic carbocycles. The van der Waals surface area contributed by atoms with Crippen LogP contribution in [0.15, 0.2) is 146 Å². The highest BCUT2D eigenvalue weighted by atomic mass is 32.1. The summed E-state index contributed by atoms with van der Waals surface area (Å²) in [5.41, 5.74) is 4.10. The van der Waals surface area contributed by atoms with E-state index in [1.807, 2.05) is 11.3 Å². The lowest BCUT2D eigenvalue weighted by molar-refractivity contribution is 1.24. The Hall–Kier alpha value is -5.64. The molecule has 0 spiro atoms. The molecule has 2 nitrogen and oxygen atoms in total. The van der Waals surface area contributed by atoms with E-state index < -0.39 is 0 Å². The molecule has 0 unspecified atom stereocenters. The van der Waals surface area contributed by atoms with Crippen LogP contribution in [0.4, 0.5) is 0 Å². The molecule has 0 N–H and O–H groups in total. The van der Waals surface area contributed by atoms with Crippen LogP contribution in [-0.4, -0.2) is 9.97 Å². The van der Waals surface area contributed by atoms with Crippen molar-refractivity contribution in [3.8, 4) is 22.6 Å². The number of nitrogens with zero attached hydrogens (tertiary/aromatic N) is 2. The van der Waals surface area contributed by atoms with Crippen LogP contribution < -0.4 is 0 Å². The summed E-state index contributed by atoms with van der Waals surface area (Å²) in [6.07, 6.45) is 0. The topological polar surface area (TPSA) is 25.8 Å². The van der Waals surface area contributed by atoms with E-state index in [0.29, 0.717) is 0 Å². The van der Waals surface area contributed by atoms with E-state index in [0.717, 1.165) is 38.9 Å². The van der Waals surface area contributed by atoms with Gasteiger partial charge in [-0.25, -0.2) is 9.97 Å². The third-order valence-corrected chi connectivity index (χ3v) is 10.4. The fourth-order valence-corrected chi connectivity index (χ4v) is 8.54. The second-order valence-corrected chi connectivity index (χ2v) is 12.7. The van der Waals surface area contributed by atoms with E-state index in [1.165, 1.54) is 57.9 Å². The summed E-state index contributed by atoms with van der Waals surface area (Å²) in [6, 6.07) is 52.2. The van der Waals surface area contributed by atoms with Gasteiger partial charge >= 0.3 is 0 Å². The van der Waals surface area contributed by atoms with Gasteiger partial charge in [0.2, 0.25) is 0 Å². The fraction of sp³-hybridized carbons (Fsp3) is 0. The largest absolute Gasteiger partial charge is 0.227 e. The number of benzene rings is 8. The number of thiophene rings is 1. The van der Waals surface area contributed by atoms with Gasteiger partial charge in [0.15, 0.2) is 5.82 Å². The van der Waals surface area contributed by atoms with Gasteiger partial charge in [-0.3, -0.25) is 0 Å². The number of hydrogen-bond acceptors (Lipinski definition) is 3. The Morgan fingerprint density at radius 1 is 0.422 bits per heavy atom. The maximum Gasteiger partial charge on any atom is 0.161 e. The first-order valence-electron chi connectivity index (χ1n) is 15.3. The highest BCUT2D eigenvalue weighted by Gasteiger charge is 2.21. The molecule has 2 heterocycles. The SMILES string of the molecule is c1ccc(-c2nc(-c3cc4c5ccccc5c5ccccc5c4c4sc5ccccc5c34)nc3c2ccc2ccccc23)cc1. The minimum absolute atomic E-state index is 0.755. The van der Waals surface area contributed by atoms with Crippen LogP contribution in [-0.2, 0) is 0 Å². The zero-order valence-corrected chi connectivity index (χ0v) is 25.0. The Bertz CT molecular complexity index is 2810. The number of rotatable bonds is 2. The summed E-state index contributed by atoms with van der Waals surface area (Å²) >= 11 is 1.87. The molecule has 208 valence electrons.